The number of unbranched alkanes of at least 4 members (excludes halogenated alkanes) is 1. The quantitative estimate of drug-likeness (QED) is 0.338. The van der Waals surface area contributed by atoms with E-state index in [0.717, 1.165) is 35.4 Å². The minimum atomic E-state index is -0.991. The molecule has 0 bridgehead atoms. The molecule has 186 valence electrons. The Morgan fingerprint density at radius 2 is 1.83 bits per heavy atom. The van der Waals surface area contributed by atoms with Gasteiger partial charge >= 0.3 is 35.5 Å². The number of carboxylic acid groups (broad SMARTS) is 1. The van der Waals surface area contributed by atoms with Crippen molar-refractivity contribution in [1.82, 2.24) is 5.32 Å². The van der Waals surface area contributed by atoms with Crippen molar-refractivity contribution < 1.29 is 45.7 Å². The molecule has 1 atom stereocenters. The zero-order chi connectivity index (χ0) is 24.3. The number of hydrogen-bond acceptors (Lipinski definition) is 3. The van der Waals surface area contributed by atoms with E-state index >= 15 is 0 Å². The summed E-state index contributed by atoms with van der Waals surface area (Å²) in [6.07, 6.45) is 14.1. The summed E-state index contributed by atoms with van der Waals surface area (Å²) in [6.45, 7) is 2.05. The molecule has 1 aliphatic carbocycles. The molecule has 2 N–H and O–H groups in total. The second-order valence-electron chi connectivity index (χ2n) is 9.59. The molecule has 0 unspecified atom stereocenters. The van der Waals surface area contributed by atoms with Gasteiger partial charge in [0.25, 0.3) is 5.91 Å². The van der Waals surface area contributed by atoms with E-state index in [2.05, 4.69) is 11.4 Å². The summed E-state index contributed by atoms with van der Waals surface area (Å²) >= 11 is 1.58. The van der Waals surface area contributed by atoms with E-state index in [0.29, 0.717) is 17.7 Å². The van der Waals surface area contributed by atoms with E-state index in [4.69, 9.17) is 0 Å². The van der Waals surface area contributed by atoms with E-state index in [9.17, 15) is 14.7 Å². The van der Waals surface area contributed by atoms with Gasteiger partial charge in [-0.15, -0.1) is 0 Å². The molecule has 1 aliphatic rings. The van der Waals surface area contributed by atoms with Crippen molar-refractivity contribution in [2.45, 2.75) is 77.2 Å². The molecule has 3 rings (SSSR count). The van der Waals surface area contributed by atoms with Gasteiger partial charge in [0.05, 0.1) is 0 Å². The first-order valence-electron chi connectivity index (χ1n) is 12.7. The number of amides is 1. The van der Waals surface area contributed by atoms with Gasteiger partial charge in [0.15, 0.2) is 0 Å². The number of rotatable bonds is 12. The number of carbonyl (C=O) groups excluding carboxylic acids is 1. The summed E-state index contributed by atoms with van der Waals surface area (Å²) in [4.78, 5) is 24.9. The van der Waals surface area contributed by atoms with Gasteiger partial charge in [0.1, 0.15) is 6.04 Å². The van der Waals surface area contributed by atoms with Crippen LogP contribution < -0.4 is 34.9 Å². The minimum Gasteiger partial charge on any atom is -1.00 e. The number of hydrogen-bond donors (Lipinski definition) is 2. The van der Waals surface area contributed by atoms with Crippen molar-refractivity contribution in [2.75, 3.05) is 12.0 Å². The Morgan fingerprint density at radius 1 is 1.09 bits per heavy atom. The normalized spacial score (nSPS) is 14.7. The van der Waals surface area contributed by atoms with Crippen LogP contribution >= 0.6 is 11.8 Å². The monoisotopic (exact) mass is 505 g/mol. The van der Waals surface area contributed by atoms with Crippen molar-refractivity contribution in [3.8, 4) is 11.1 Å². The number of carboxylic acids is 1. The van der Waals surface area contributed by atoms with Crippen molar-refractivity contribution in [2.24, 2.45) is 5.92 Å². The Bertz CT molecular complexity index is 965. The smallest absolute Gasteiger partial charge is 1.00 e. The van der Waals surface area contributed by atoms with Gasteiger partial charge in [-0.2, -0.15) is 11.8 Å². The van der Waals surface area contributed by atoms with Crippen molar-refractivity contribution in [3.05, 3.63) is 59.2 Å². The molecule has 1 fully saturated rings. The third-order valence-electron chi connectivity index (χ3n) is 7.03. The summed E-state index contributed by atoms with van der Waals surface area (Å²) < 4.78 is 0. The first-order chi connectivity index (χ1) is 16.5. The molecule has 35 heavy (non-hydrogen) atoms. The van der Waals surface area contributed by atoms with E-state index in [1.54, 1.807) is 11.8 Å². The largest absolute Gasteiger partial charge is 1.00 e. The van der Waals surface area contributed by atoms with Gasteiger partial charge in [-0.05, 0) is 72.4 Å². The molecule has 4 nitrogen and oxygen atoms in total. The molecular formula is C29H40NNaO3S. The summed E-state index contributed by atoms with van der Waals surface area (Å²) in [5.41, 5.74) is 4.77. The van der Waals surface area contributed by atoms with E-state index < -0.39 is 12.0 Å². The van der Waals surface area contributed by atoms with Crippen molar-refractivity contribution in [3.63, 3.8) is 0 Å². The van der Waals surface area contributed by atoms with Crippen LogP contribution in [0.3, 0.4) is 0 Å². The SMILES string of the molecule is CSCC[C@H](NC(=O)c1ccc(CCCCC2CCCCC2)cc1-c1ccccc1C)C(=O)O.[H-].[Na+]. The maximum Gasteiger partial charge on any atom is 1.00 e. The van der Waals surface area contributed by atoms with Gasteiger partial charge in [0.2, 0.25) is 0 Å². The maximum atomic E-state index is 13.2. The molecule has 2 aromatic rings. The second-order valence-corrected chi connectivity index (χ2v) is 10.6. The zero-order valence-corrected chi connectivity index (χ0v) is 24.5. The van der Waals surface area contributed by atoms with Gasteiger partial charge in [-0.3, -0.25) is 4.79 Å². The van der Waals surface area contributed by atoms with Gasteiger partial charge in [-0.25, -0.2) is 4.79 Å². The average molecular weight is 506 g/mol. The first-order valence-corrected chi connectivity index (χ1v) is 14.1. The molecular weight excluding hydrogens is 465 g/mol. The summed E-state index contributed by atoms with van der Waals surface area (Å²) in [5, 5.41) is 12.3. The number of nitrogens with one attached hydrogen (secondary N) is 1. The molecule has 6 heteroatoms. The van der Waals surface area contributed by atoms with Crippen LogP contribution in [-0.4, -0.2) is 35.0 Å². The standard InChI is InChI=1S/C29H39NO3S.Na.H/c1-21-10-6-9-15-24(21)26-20-23(14-8-7-13-22-11-4-3-5-12-22)16-17-25(26)28(31)30-27(29(32)33)18-19-34-2;;/h6,9-10,15-17,20,22,27H,3-5,7-8,11-14,18-19H2,1-2H3,(H,30,31)(H,32,33);;/q;+1;-1/t27-;;/m0../s1. The molecule has 0 saturated heterocycles. The molecule has 1 saturated carbocycles. The Kier molecular flexibility index (Phi) is 13.5. The van der Waals surface area contributed by atoms with E-state index in [-0.39, 0.29) is 36.9 Å². The topological polar surface area (TPSA) is 66.4 Å². The second kappa shape index (κ2) is 15.8. The number of aliphatic carboxylic acids is 1. The summed E-state index contributed by atoms with van der Waals surface area (Å²) in [7, 11) is 0. The zero-order valence-electron chi connectivity index (χ0n) is 22.6. The molecule has 0 radical (unpaired) electrons. The van der Waals surface area contributed by atoms with Crippen LogP contribution in [0.15, 0.2) is 42.5 Å². The molecule has 0 aromatic heterocycles. The Morgan fingerprint density at radius 3 is 2.51 bits per heavy atom. The predicted octanol–water partition coefficient (Wildman–Crippen LogP) is 4.01. The number of benzene rings is 2. The first kappa shape index (κ1) is 30.0. The predicted molar refractivity (Wildman–Crippen MR) is 144 cm³/mol. The molecule has 0 heterocycles. The summed E-state index contributed by atoms with van der Waals surface area (Å²) in [5.74, 6) is 0.280. The number of thioether (sulfide) groups is 1. The third-order valence-corrected chi connectivity index (χ3v) is 7.67. The Hall–Kier alpha value is -1.27. The third kappa shape index (κ3) is 9.27. The van der Waals surface area contributed by atoms with E-state index in [1.807, 2.05) is 49.6 Å². The van der Waals surface area contributed by atoms with Crippen LogP contribution in [0.25, 0.3) is 11.1 Å². The summed E-state index contributed by atoms with van der Waals surface area (Å²) in [6, 6.07) is 13.2. The fourth-order valence-electron chi connectivity index (χ4n) is 5.01. The maximum absolute atomic E-state index is 13.2. The molecule has 2 aromatic carbocycles. The Balaban J connectivity index is 0.00000324. The average Bonchev–Trinajstić information content (AvgIpc) is 2.85. The van der Waals surface area contributed by atoms with Gasteiger partial charge in [0, 0.05) is 5.56 Å². The molecule has 1 amide bonds. The fraction of sp³-hybridized carbons (Fsp3) is 0.517. The van der Waals surface area contributed by atoms with Crippen LogP contribution in [-0.2, 0) is 11.2 Å². The number of aryl methyl sites for hydroxylation is 2. The van der Waals surface area contributed by atoms with Crippen molar-refractivity contribution >= 4 is 23.6 Å². The van der Waals surface area contributed by atoms with Crippen LogP contribution in [0, 0.1) is 12.8 Å². The van der Waals surface area contributed by atoms with E-state index in [1.165, 1.54) is 50.5 Å². The Labute approximate surface area is 238 Å². The van der Waals surface area contributed by atoms with Crippen LogP contribution in [0.2, 0.25) is 0 Å². The minimum absolute atomic E-state index is 0. The van der Waals surface area contributed by atoms with Crippen LogP contribution in [0.5, 0.6) is 0 Å². The fourth-order valence-corrected chi connectivity index (χ4v) is 5.48. The van der Waals surface area contributed by atoms with Crippen molar-refractivity contribution in [1.29, 1.82) is 0 Å². The van der Waals surface area contributed by atoms with Gasteiger partial charge in [-0.1, -0.05) is 81.3 Å². The van der Waals surface area contributed by atoms with Crippen LogP contribution in [0.4, 0.5) is 0 Å². The van der Waals surface area contributed by atoms with Crippen LogP contribution in [0.1, 0.15) is 80.7 Å². The molecule has 0 spiro atoms. The molecule has 0 aliphatic heterocycles. The number of carbonyl (C=O) groups is 2. The van der Waals surface area contributed by atoms with Gasteiger partial charge < -0.3 is 11.8 Å².